The first-order valence-corrected chi connectivity index (χ1v) is 6.45. The first-order chi connectivity index (χ1) is 9.24. The van der Waals surface area contributed by atoms with Gasteiger partial charge in [0.05, 0.1) is 12.8 Å². The molecule has 98 valence electrons. The summed E-state index contributed by atoms with van der Waals surface area (Å²) in [5, 5.41) is 0.539. The van der Waals surface area contributed by atoms with E-state index in [0.717, 1.165) is 23.8 Å². The molecule has 4 heteroatoms. The standard InChI is InChI=1S/C15H14ClNO2/c1-2-5-19-14-7-11(8-17-9-14)15-4-3-13(16)6-12(15)10-18/h3-4,6-10H,2,5H2,1H3. The first-order valence-electron chi connectivity index (χ1n) is 6.07. The van der Waals surface area contributed by atoms with E-state index in [1.165, 1.54) is 0 Å². The molecule has 0 spiro atoms. The number of halogens is 1. The first kappa shape index (κ1) is 13.6. The summed E-state index contributed by atoms with van der Waals surface area (Å²) in [4.78, 5) is 15.2. The van der Waals surface area contributed by atoms with Crippen molar-refractivity contribution in [3.05, 3.63) is 47.2 Å². The summed E-state index contributed by atoms with van der Waals surface area (Å²) in [6.45, 7) is 2.69. The van der Waals surface area contributed by atoms with Gasteiger partial charge >= 0.3 is 0 Å². The highest BCUT2D eigenvalue weighted by Gasteiger charge is 2.07. The molecule has 2 aromatic rings. The predicted molar refractivity (Wildman–Crippen MR) is 75.9 cm³/mol. The second kappa shape index (κ2) is 6.34. The Kier molecular flexibility index (Phi) is 4.53. The van der Waals surface area contributed by atoms with Gasteiger partial charge in [-0.05, 0) is 30.2 Å². The van der Waals surface area contributed by atoms with Gasteiger partial charge in [0.25, 0.3) is 0 Å². The van der Waals surface area contributed by atoms with Crippen LogP contribution in [0.1, 0.15) is 23.7 Å². The summed E-state index contributed by atoms with van der Waals surface area (Å²) in [5.74, 6) is 0.700. The number of rotatable bonds is 5. The third-order valence-electron chi connectivity index (χ3n) is 2.64. The van der Waals surface area contributed by atoms with Crippen LogP contribution in [0.2, 0.25) is 5.02 Å². The van der Waals surface area contributed by atoms with Gasteiger partial charge in [-0.15, -0.1) is 0 Å². The molecule has 0 saturated carbocycles. The summed E-state index contributed by atoms with van der Waals surface area (Å²) in [6, 6.07) is 7.08. The van der Waals surface area contributed by atoms with E-state index in [4.69, 9.17) is 16.3 Å². The van der Waals surface area contributed by atoms with E-state index >= 15 is 0 Å². The van der Waals surface area contributed by atoms with Gasteiger partial charge in [-0.2, -0.15) is 0 Å². The van der Waals surface area contributed by atoms with E-state index < -0.39 is 0 Å². The molecule has 0 N–H and O–H groups in total. The van der Waals surface area contributed by atoms with Crippen molar-refractivity contribution >= 4 is 17.9 Å². The molecule has 0 aliphatic carbocycles. The maximum atomic E-state index is 11.1. The van der Waals surface area contributed by atoms with Crippen LogP contribution >= 0.6 is 11.6 Å². The highest BCUT2D eigenvalue weighted by atomic mass is 35.5. The maximum Gasteiger partial charge on any atom is 0.150 e. The van der Waals surface area contributed by atoms with E-state index in [-0.39, 0.29) is 0 Å². The van der Waals surface area contributed by atoms with Crippen molar-refractivity contribution in [2.24, 2.45) is 0 Å². The Balaban J connectivity index is 2.38. The Morgan fingerprint density at radius 3 is 2.89 bits per heavy atom. The molecule has 0 amide bonds. The van der Waals surface area contributed by atoms with Crippen LogP contribution in [0.15, 0.2) is 36.7 Å². The Labute approximate surface area is 117 Å². The normalized spacial score (nSPS) is 10.2. The lowest BCUT2D eigenvalue weighted by atomic mass is 10.0. The number of carbonyl (C=O) groups excluding carboxylic acids is 1. The maximum absolute atomic E-state index is 11.1. The van der Waals surface area contributed by atoms with Crippen molar-refractivity contribution < 1.29 is 9.53 Å². The smallest absolute Gasteiger partial charge is 0.150 e. The number of nitrogens with zero attached hydrogens (tertiary/aromatic N) is 1. The quantitative estimate of drug-likeness (QED) is 0.774. The fourth-order valence-electron chi connectivity index (χ4n) is 1.76. The van der Waals surface area contributed by atoms with Crippen LogP contribution in [0.25, 0.3) is 11.1 Å². The van der Waals surface area contributed by atoms with Crippen LogP contribution < -0.4 is 4.74 Å². The lowest BCUT2D eigenvalue weighted by molar-refractivity contribution is 0.112. The van der Waals surface area contributed by atoms with Crippen molar-refractivity contribution in [3.8, 4) is 16.9 Å². The van der Waals surface area contributed by atoms with Gasteiger partial charge in [-0.25, -0.2) is 0 Å². The zero-order valence-electron chi connectivity index (χ0n) is 10.6. The van der Waals surface area contributed by atoms with Gasteiger partial charge in [0, 0.05) is 22.3 Å². The molecule has 0 bridgehead atoms. The molecule has 1 aromatic carbocycles. The molecule has 0 aliphatic rings. The summed E-state index contributed by atoms with van der Waals surface area (Å²) < 4.78 is 5.54. The molecule has 1 heterocycles. The van der Waals surface area contributed by atoms with E-state index in [9.17, 15) is 4.79 Å². The van der Waals surface area contributed by atoms with Gasteiger partial charge in [-0.1, -0.05) is 24.6 Å². The van der Waals surface area contributed by atoms with Gasteiger partial charge in [0.2, 0.25) is 0 Å². The van der Waals surface area contributed by atoms with Crippen LogP contribution in [0.3, 0.4) is 0 Å². The minimum atomic E-state index is 0.539. The number of carbonyl (C=O) groups is 1. The summed E-state index contributed by atoms with van der Waals surface area (Å²) in [6.07, 6.45) is 5.09. The van der Waals surface area contributed by atoms with Crippen LogP contribution in [0.4, 0.5) is 0 Å². The molecular weight excluding hydrogens is 262 g/mol. The third kappa shape index (κ3) is 3.32. The monoisotopic (exact) mass is 275 g/mol. The zero-order chi connectivity index (χ0) is 13.7. The minimum absolute atomic E-state index is 0.539. The molecule has 0 saturated heterocycles. The van der Waals surface area contributed by atoms with Gasteiger partial charge in [0.1, 0.15) is 5.75 Å². The molecule has 1 aromatic heterocycles. The number of pyridine rings is 1. The predicted octanol–water partition coefficient (Wildman–Crippen LogP) is 4.00. The summed E-state index contributed by atoms with van der Waals surface area (Å²) in [7, 11) is 0. The Morgan fingerprint density at radius 2 is 2.16 bits per heavy atom. The molecular formula is C15H14ClNO2. The number of ether oxygens (including phenoxy) is 1. The van der Waals surface area contributed by atoms with Gasteiger partial charge < -0.3 is 4.74 Å². The number of aldehydes is 1. The lowest BCUT2D eigenvalue weighted by Crippen LogP contribution is -1.96. The average Bonchev–Trinajstić information content (AvgIpc) is 2.45. The van der Waals surface area contributed by atoms with E-state index in [1.54, 1.807) is 24.5 Å². The molecule has 19 heavy (non-hydrogen) atoms. The van der Waals surface area contributed by atoms with E-state index in [0.29, 0.717) is 22.9 Å². The zero-order valence-corrected chi connectivity index (χ0v) is 11.4. The van der Waals surface area contributed by atoms with Crippen molar-refractivity contribution in [2.45, 2.75) is 13.3 Å². The van der Waals surface area contributed by atoms with Crippen molar-refractivity contribution in [2.75, 3.05) is 6.61 Å². The second-order valence-electron chi connectivity index (χ2n) is 4.11. The molecule has 0 fully saturated rings. The third-order valence-corrected chi connectivity index (χ3v) is 2.87. The largest absolute Gasteiger partial charge is 0.492 e. The van der Waals surface area contributed by atoms with Crippen LogP contribution in [-0.4, -0.2) is 17.9 Å². The Bertz CT molecular complexity index is 584. The Morgan fingerprint density at radius 1 is 1.32 bits per heavy atom. The summed E-state index contributed by atoms with van der Waals surface area (Å²) >= 11 is 5.88. The molecule has 0 aliphatic heterocycles. The Hall–Kier alpha value is -1.87. The second-order valence-corrected chi connectivity index (χ2v) is 4.54. The van der Waals surface area contributed by atoms with E-state index in [1.807, 2.05) is 19.1 Å². The molecule has 0 atom stereocenters. The molecule has 0 radical (unpaired) electrons. The molecule has 3 nitrogen and oxygen atoms in total. The average molecular weight is 276 g/mol. The minimum Gasteiger partial charge on any atom is -0.492 e. The van der Waals surface area contributed by atoms with Gasteiger partial charge in [-0.3, -0.25) is 9.78 Å². The van der Waals surface area contributed by atoms with E-state index in [2.05, 4.69) is 4.98 Å². The number of hydrogen-bond donors (Lipinski definition) is 0. The highest BCUT2D eigenvalue weighted by molar-refractivity contribution is 6.31. The molecule has 2 rings (SSSR count). The number of benzene rings is 1. The fourth-order valence-corrected chi connectivity index (χ4v) is 1.94. The van der Waals surface area contributed by atoms with Crippen molar-refractivity contribution in [3.63, 3.8) is 0 Å². The fraction of sp³-hybridized carbons (Fsp3) is 0.200. The number of aromatic nitrogens is 1. The lowest BCUT2D eigenvalue weighted by Gasteiger charge is -2.08. The topological polar surface area (TPSA) is 39.2 Å². The van der Waals surface area contributed by atoms with Crippen molar-refractivity contribution in [1.29, 1.82) is 0 Å². The number of hydrogen-bond acceptors (Lipinski definition) is 3. The highest BCUT2D eigenvalue weighted by Crippen LogP contribution is 2.27. The summed E-state index contributed by atoms with van der Waals surface area (Å²) in [5.41, 5.74) is 2.18. The van der Waals surface area contributed by atoms with Crippen LogP contribution in [0.5, 0.6) is 5.75 Å². The van der Waals surface area contributed by atoms with Gasteiger partial charge in [0.15, 0.2) is 6.29 Å². The van der Waals surface area contributed by atoms with Crippen LogP contribution in [0, 0.1) is 0 Å². The van der Waals surface area contributed by atoms with Crippen molar-refractivity contribution in [1.82, 2.24) is 4.98 Å². The molecule has 0 unspecified atom stereocenters. The SMILES string of the molecule is CCCOc1cncc(-c2ccc(Cl)cc2C=O)c1. The van der Waals surface area contributed by atoms with Crippen LogP contribution in [-0.2, 0) is 0 Å².